The number of hydrogen-bond acceptors (Lipinski definition) is 7. The van der Waals surface area contributed by atoms with Crippen LogP contribution in [0, 0.1) is 11.3 Å². The van der Waals surface area contributed by atoms with E-state index in [0.29, 0.717) is 16.8 Å². The van der Waals surface area contributed by atoms with Gasteiger partial charge in [-0.15, -0.1) is 5.10 Å². The maximum Gasteiger partial charge on any atom is 0.336 e. The molecule has 148 valence electrons. The summed E-state index contributed by atoms with van der Waals surface area (Å²) in [7, 11) is 0. The van der Waals surface area contributed by atoms with Gasteiger partial charge in [0.15, 0.2) is 11.5 Å². The highest BCUT2D eigenvalue weighted by molar-refractivity contribution is 5.59. The molecule has 2 aromatic rings. The zero-order valence-corrected chi connectivity index (χ0v) is 16.2. The number of nitrogens with two attached hydrogens (primary N) is 1. The minimum atomic E-state index is -0.601. The number of aliphatic hydroxyl groups excluding tert-OH is 1. The fourth-order valence-corrected chi connectivity index (χ4v) is 4.68. The van der Waals surface area contributed by atoms with Gasteiger partial charge in [0.05, 0.1) is 18.0 Å². The van der Waals surface area contributed by atoms with Gasteiger partial charge < -0.3 is 20.9 Å². The molecule has 3 heterocycles. The van der Waals surface area contributed by atoms with E-state index in [1.54, 1.807) is 10.7 Å². The van der Waals surface area contributed by atoms with E-state index < -0.39 is 6.10 Å². The van der Waals surface area contributed by atoms with Crippen LogP contribution in [0.2, 0.25) is 0 Å². The summed E-state index contributed by atoms with van der Waals surface area (Å²) in [6.07, 6.45) is 7.52. The number of piperidine rings is 1. The van der Waals surface area contributed by atoms with Crippen LogP contribution in [-0.2, 0) is 0 Å². The van der Waals surface area contributed by atoms with E-state index in [0.717, 1.165) is 38.8 Å². The molecular weight excluding hydrogens is 344 g/mol. The predicted octanol–water partition coefficient (Wildman–Crippen LogP) is 2.09. The van der Waals surface area contributed by atoms with Crippen molar-refractivity contribution in [3.63, 3.8) is 0 Å². The number of nitrogens with one attached hydrogen (secondary N) is 1. The Hall–Kier alpha value is -1.93. The van der Waals surface area contributed by atoms with Crippen molar-refractivity contribution in [2.24, 2.45) is 11.3 Å². The molecule has 8 heteroatoms. The molecule has 1 unspecified atom stereocenters. The summed E-state index contributed by atoms with van der Waals surface area (Å²) in [6, 6.07) is 0.232. The third-order valence-electron chi connectivity index (χ3n) is 6.20. The van der Waals surface area contributed by atoms with Crippen LogP contribution in [0.5, 0.6) is 6.01 Å². The fraction of sp³-hybridized carbons (Fsp3) is 0.737. The van der Waals surface area contributed by atoms with Crippen LogP contribution in [0.15, 0.2) is 6.20 Å². The number of aliphatic hydroxyl groups is 1. The largest absolute Gasteiger partial charge is 0.459 e. The lowest BCUT2D eigenvalue weighted by atomic mass is 9.56. The number of fused-ring (bicyclic) bond motifs is 1. The second-order valence-corrected chi connectivity index (χ2v) is 8.28. The van der Waals surface area contributed by atoms with Gasteiger partial charge >= 0.3 is 6.01 Å². The third-order valence-corrected chi connectivity index (χ3v) is 6.20. The molecule has 4 N–H and O–H groups in total. The van der Waals surface area contributed by atoms with Crippen LogP contribution in [0.4, 0.5) is 5.82 Å². The van der Waals surface area contributed by atoms with E-state index in [1.165, 1.54) is 12.8 Å². The van der Waals surface area contributed by atoms with E-state index >= 15 is 0 Å². The van der Waals surface area contributed by atoms with Gasteiger partial charge in [-0.1, -0.05) is 13.3 Å². The minimum absolute atomic E-state index is 0.00939. The van der Waals surface area contributed by atoms with Gasteiger partial charge in [-0.25, -0.2) is 9.50 Å². The highest BCUT2D eigenvalue weighted by atomic mass is 16.5. The average Bonchev–Trinajstić information content (AvgIpc) is 3.04. The van der Waals surface area contributed by atoms with Gasteiger partial charge in [0.2, 0.25) is 0 Å². The Morgan fingerprint density at radius 1 is 1.41 bits per heavy atom. The quantitative estimate of drug-likeness (QED) is 0.710. The van der Waals surface area contributed by atoms with Crippen LogP contribution in [-0.4, -0.2) is 43.9 Å². The summed E-state index contributed by atoms with van der Waals surface area (Å²) in [4.78, 5) is 8.54. The molecule has 1 aliphatic heterocycles. The normalized spacial score (nSPS) is 21.9. The van der Waals surface area contributed by atoms with E-state index in [-0.39, 0.29) is 23.9 Å². The Balaban J connectivity index is 1.54. The minimum Gasteiger partial charge on any atom is -0.459 e. The first kappa shape index (κ1) is 18.4. The van der Waals surface area contributed by atoms with E-state index in [4.69, 9.17) is 10.5 Å². The Kier molecular flexibility index (Phi) is 4.94. The van der Waals surface area contributed by atoms with Gasteiger partial charge in [-0.05, 0) is 63.5 Å². The van der Waals surface area contributed by atoms with Crippen molar-refractivity contribution in [3.05, 3.63) is 11.9 Å². The van der Waals surface area contributed by atoms with Crippen LogP contribution in [0.1, 0.15) is 64.2 Å². The summed E-state index contributed by atoms with van der Waals surface area (Å²) in [6.45, 7) is 6.26. The van der Waals surface area contributed by atoms with Gasteiger partial charge in [-0.2, -0.15) is 4.98 Å². The van der Waals surface area contributed by atoms with Crippen LogP contribution in [0.25, 0.3) is 5.65 Å². The second kappa shape index (κ2) is 7.24. The molecule has 1 saturated heterocycles. The van der Waals surface area contributed by atoms with Crippen molar-refractivity contribution in [3.8, 4) is 6.01 Å². The molecule has 4 rings (SSSR count). The molecule has 2 aliphatic rings. The molecular formula is C19H30N6O2. The van der Waals surface area contributed by atoms with Crippen molar-refractivity contribution < 1.29 is 9.84 Å². The average molecular weight is 374 g/mol. The zero-order valence-electron chi connectivity index (χ0n) is 16.2. The molecule has 0 radical (unpaired) electrons. The monoisotopic (exact) mass is 374 g/mol. The standard InChI is InChI=1S/C19H30N6O2/c1-3-4-12(2)27-18-23-16(20)17-22-11-14(25(17)24-18)15(26)13-9-19(10-13)5-7-21-8-6-19/h11-13,15,21,26H,3-10H2,1-2H3,(H2,20,23,24)/t12-,15?/m0/s1. The molecule has 1 aliphatic carbocycles. The molecule has 1 saturated carbocycles. The van der Waals surface area contributed by atoms with Crippen LogP contribution < -0.4 is 15.8 Å². The number of imidazole rings is 1. The lowest BCUT2D eigenvalue weighted by Gasteiger charge is -2.51. The summed E-state index contributed by atoms with van der Waals surface area (Å²) in [5.74, 6) is 0.508. The second-order valence-electron chi connectivity index (χ2n) is 8.28. The summed E-state index contributed by atoms with van der Waals surface area (Å²) < 4.78 is 7.40. The number of hydrogen-bond donors (Lipinski definition) is 3. The first-order valence-corrected chi connectivity index (χ1v) is 10.1. The number of nitrogens with zero attached hydrogens (tertiary/aromatic N) is 4. The first-order valence-electron chi connectivity index (χ1n) is 10.1. The topological polar surface area (TPSA) is 111 Å². The number of ether oxygens (including phenoxy) is 1. The lowest BCUT2D eigenvalue weighted by Crippen LogP contribution is -2.47. The Morgan fingerprint density at radius 3 is 2.85 bits per heavy atom. The number of aromatic nitrogens is 4. The predicted molar refractivity (Wildman–Crippen MR) is 102 cm³/mol. The number of nitrogen functional groups attached to an aromatic ring is 1. The maximum atomic E-state index is 11.0. The highest BCUT2D eigenvalue weighted by Crippen LogP contribution is 2.55. The number of rotatable bonds is 6. The number of anilines is 1. The third kappa shape index (κ3) is 3.48. The van der Waals surface area contributed by atoms with Crippen molar-refractivity contribution in [2.75, 3.05) is 18.8 Å². The smallest absolute Gasteiger partial charge is 0.336 e. The Labute approximate surface area is 159 Å². The molecule has 2 aromatic heterocycles. The van der Waals surface area contributed by atoms with Crippen LogP contribution in [0.3, 0.4) is 0 Å². The van der Waals surface area contributed by atoms with Gasteiger partial charge in [0.25, 0.3) is 0 Å². The van der Waals surface area contributed by atoms with E-state index in [9.17, 15) is 5.11 Å². The molecule has 2 fully saturated rings. The Morgan fingerprint density at radius 2 is 2.15 bits per heavy atom. The van der Waals surface area contributed by atoms with E-state index in [1.807, 2.05) is 6.92 Å². The highest BCUT2D eigenvalue weighted by Gasteiger charge is 2.47. The molecule has 8 nitrogen and oxygen atoms in total. The van der Waals surface area contributed by atoms with E-state index in [2.05, 4.69) is 27.3 Å². The molecule has 27 heavy (non-hydrogen) atoms. The van der Waals surface area contributed by atoms with Gasteiger partial charge in [0, 0.05) is 0 Å². The summed E-state index contributed by atoms with van der Waals surface area (Å²) in [5, 5.41) is 18.8. The van der Waals surface area contributed by atoms with Crippen molar-refractivity contribution in [1.82, 2.24) is 24.9 Å². The zero-order chi connectivity index (χ0) is 19.0. The maximum absolute atomic E-state index is 11.0. The van der Waals surface area contributed by atoms with Crippen LogP contribution >= 0.6 is 0 Å². The molecule has 0 aromatic carbocycles. The fourth-order valence-electron chi connectivity index (χ4n) is 4.68. The van der Waals surface area contributed by atoms with Crippen molar-refractivity contribution in [1.29, 1.82) is 0 Å². The molecule has 0 bridgehead atoms. The Bertz CT molecular complexity index is 793. The summed E-state index contributed by atoms with van der Waals surface area (Å²) in [5.41, 5.74) is 7.60. The molecule has 0 amide bonds. The summed E-state index contributed by atoms with van der Waals surface area (Å²) >= 11 is 0. The SMILES string of the molecule is CCC[C@H](C)Oc1nc(N)c2ncc(C(O)C3CC4(CCNCC4)C3)n2n1. The molecule has 1 spiro atoms. The van der Waals surface area contributed by atoms with Gasteiger partial charge in [0.1, 0.15) is 6.10 Å². The first-order chi connectivity index (χ1) is 13.0. The van der Waals surface area contributed by atoms with Crippen molar-refractivity contribution >= 4 is 11.5 Å². The van der Waals surface area contributed by atoms with Gasteiger partial charge in [-0.3, -0.25) is 0 Å². The van der Waals surface area contributed by atoms with Crippen molar-refractivity contribution in [2.45, 2.75) is 64.6 Å². The molecule has 2 atom stereocenters. The lowest BCUT2D eigenvalue weighted by molar-refractivity contribution is -0.0535.